The zero-order chi connectivity index (χ0) is 9.10. The van der Waals surface area contributed by atoms with Crippen molar-refractivity contribution in [3.63, 3.8) is 0 Å². The van der Waals surface area contributed by atoms with Crippen molar-refractivity contribution in [1.29, 1.82) is 0 Å². The first-order chi connectivity index (χ1) is 6.36. The fourth-order valence-electron chi connectivity index (χ4n) is 1.31. The van der Waals surface area contributed by atoms with Gasteiger partial charge in [0.15, 0.2) is 0 Å². The Kier molecular flexibility index (Phi) is 2.93. The molecular weight excluding hydrogens is 184 g/mol. The Morgan fingerprint density at radius 1 is 1.69 bits per heavy atom. The average molecular weight is 198 g/mol. The van der Waals surface area contributed by atoms with Crippen LogP contribution in [0.5, 0.6) is 0 Å². The minimum absolute atomic E-state index is 0.153. The summed E-state index contributed by atoms with van der Waals surface area (Å²) < 4.78 is 0. The second-order valence-electron chi connectivity index (χ2n) is 3.46. The molecule has 0 bridgehead atoms. The normalized spacial score (nSPS) is 18.8. The standard InChI is InChI=1S/C9H14N2OS/c12-8(7-1-2-7)5-10-6-9-11-3-4-13-9/h3-4,7-8,10,12H,1-2,5-6H2. The van der Waals surface area contributed by atoms with Gasteiger partial charge in [-0.1, -0.05) is 0 Å². The highest BCUT2D eigenvalue weighted by molar-refractivity contribution is 7.09. The van der Waals surface area contributed by atoms with Crippen LogP contribution >= 0.6 is 11.3 Å². The molecule has 2 rings (SSSR count). The highest BCUT2D eigenvalue weighted by atomic mass is 32.1. The van der Waals surface area contributed by atoms with Crippen LogP contribution in [0.25, 0.3) is 0 Å². The Labute approximate surface area is 81.8 Å². The number of aliphatic hydroxyl groups excluding tert-OH is 1. The first-order valence-corrected chi connectivity index (χ1v) is 5.51. The van der Waals surface area contributed by atoms with E-state index in [9.17, 15) is 5.11 Å². The molecule has 1 aromatic rings. The van der Waals surface area contributed by atoms with Gasteiger partial charge < -0.3 is 10.4 Å². The summed E-state index contributed by atoms with van der Waals surface area (Å²) in [5.74, 6) is 0.559. The lowest BCUT2D eigenvalue weighted by molar-refractivity contribution is 0.148. The van der Waals surface area contributed by atoms with Crippen molar-refractivity contribution in [3.05, 3.63) is 16.6 Å². The third-order valence-electron chi connectivity index (χ3n) is 2.28. The smallest absolute Gasteiger partial charge is 0.106 e. The summed E-state index contributed by atoms with van der Waals surface area (Å²) in [6, 6.07) is 0. The molecular formula is C9H14N2OS. The van der Waals surface area contributed by atoms with Crippen LogP contribution in [0.4, 0.5) is 0 Å². The van der Waals surface area contributed by atoms with E-state index in [4.69, 9.17) is 0 Å². The van der Waals surface area contributed by atoms with E-state index in [1.54, 1.807) is 17.5 Å². The molecule has 13 heavy (non-hydrogen) atoms. The van der Waals surface area contributed by atoms with Crippen molar-refractivity contribution >= 4 is 11.3 Å². The van der Waals surface area contributed by atoms with Gasteiger partial charge in [0.05, 0.1) is 6.10 Å². The Morgan fingerprint density at radius 2 is 2.54 bits per heavy atom. The Balaban J connectivity index is 1.63. The quantitative estimate of drug-likeness (QED) is 0.742. The molecule has 1 heterocycles. The molecule has 0 saturated heterocycles. The summed E-state index contributed by atoms with van der Waals surface area (Å²) in [6.07, 6.45) is 4.04. The highest BCUT2D eigenvalue weighted by Gasteiger charge is 2.28. The van der Waals surface area contributed by atoms with Gasteiger partial charge in [-0.3, -0.25) is 0 Å². The molecule has 0 aliphatic heterocycles. The molecule has 1 aliphatic carbocycles. The lowest BCUT2D eigenvalue weighted by Crippen LogP contribution is -2.27. The first-order valence-electron chi connectivity index (χ1n) is 4.63. The lowest BCUT2D eigenvalue weighted by Gasteiger charge is -2.08. The molecule has 0 aromatic carbocycles. The summed E-state index contributed by atoms with van der Waals surface area (Å²) in [4.78, 5) is 4.15. The van der Waals surface area contributed by atoms with Crippen molar-refractivity contribution in [2.45, 2.75) is 25.5 Å². The van der Waals surface area contributed by atoms with Crippen LogP contribution in [-0.4, -0.2) is 22.7 Å². The second kappa shape index (κ2) is 4.17. The molecule has 4 heteroatoms. The summed E-state index contributed by atoms with van der Waals surface area (Å²) in [5, 5.41) is 15.8. The van der Waals surface area contributed by atoms with E-state index in [-0.39, 0.29) is 6.10 Å². The molecule has 1 unspecified atom stereocenters. The van der Waals surface area contributed by atoms with Gasteiger partial charge in [-0.25, -0.2) is 4.98 Å². The SMILES string of the molecule is OC(CNCc1nccs1)C1CC1. The van der Waals surface area contributed by atoms with Crippen molar-refractivity contribution in [2.24, 2.45) is 5.92 Å². The molecule has 1 fully saturated rings. The summed E-state index contributed by atoms with van der Waals surface area (Å²) in [5.41, 5.74) is 0. The molecule has 1 atom stereocenters. The molecule has 1 saturated carbocycles. The third kappa shape index (κ3) is 2.76. The molecule has 72 valence electrons. The number of rotatable bonds is 5. The van der Waals surface area contributed by atoms with Gasteiger partial charge in [0.1, 0.15) is 5.01 Å². The topological polar surface area (TPSA) is 45.1 Å². The van der Waals surface area contributed by atoms with Gasteiger partial charge in [-0.15, -0.1) is 11.3 Å². The monoisotopic (exact) mass is 198 g/mol. The van der Waals surface area contributed by atoms with Crippen LogP contribution in [0.15, 0.2) is 11.6 Å². The maximum absolute atomic E-state index is 9.54. The molecule has 1 aliphatic rings. The van der Waals surface area contributed by atoms with Gasteiger partial charge in [0.2, 0.25) is 0 Å². The number of aromatic nitrogens is 1. The number of hydrogen-bond acceptors (Lipinski definition) is 4. The molecule has 0 amide bonds. The molecule has 2 N–H and O–H groups in total. The molecule has 0 spiro atoms. The number of thiazole rings is 1. The largest absolute Gasteiger partial charge is 0.392 e. The van der Waals surface area contributed by atoms with Gasteiger partial charge >= 0.3 is 0 Å². The number of nitrogens with zero attached hydrogens (tertiary/aromatic N) is 1. The fraction of sp³-hybridized carbons (Fsp3) is 0.667. The average Bonchev–Trinajstić information content (AvgIpc) is 2.86. The predicted molar refractivity (Wildman–Crippen MR) is 52.6 cm³/mol. The van der Waals surface area contributed by atoms with Crippen molar-refractivity contribution < 1.29 is 5.11 Å². The minimum atomic E-state index is -0.153. The van der Waals surface area contributed by atoms with Crippen LogP contribution < -0.4 is 5.32 Å². The van der Waals surface area contributed by atoms with Crippen LogP contribution in [0.1, 0.15) is 17.8 Å². The molecule has 0 radical (unpaired) electrons. The second-order valence-corrected chi connectivity index (χ2v) is 4.44. The van der Waals surface area contributed by atoms with E-state index in [0.717, 1.165) is 11.6 Å². The highest BCUT2D eigenvalue weighted by Crippen LogP contribution is 2.32. The van der Waals surface area contributed by atoms with E-state index in [0.29, 0.717) is 12.5 Å². The van der Waals surface area contributed by atoms with E-state index < -0.39 is 0 Å². The van der Waals surface area contributed by atoms with Crippen LogP contribution in [0.2, 0.25) is 0 Å². The van der Waals surface area contributed by atoms with Crippen LogP contribution in [0, 0.1) is 5.92 Å². The number of nitrogens with one attached hydrogen (secondary N) is 1. The van der Waals surface area contributed by atoms with E-state index in [1.165, 1.54) is 12.8 Å². The van der Waals surface area contributed by atoms with Gasteiger partial charge in [-0.2, -0.15) is 0 Å². The van der Waals surface area contributed by atoms with E-state index >= 15 is 0 Å². The van der Waals surface area contributed by atoms with Gasteiger partial charge in [0.25, 0.3) is 0 Å². The zero-order valence-corrected chi connectivity index (χ0v) is 8.26. The van der Waals surface area contributed by atoms with Gasteiger partial charge in [0, 0.05) is 24.7 Å². The Hall–Kier alpha value is -0.450. The van der Waals surface area contributed by atoms with Gasteiger partial charge in [-0.05, 0) is 18.8 Å². The summed E-state index contributed by atoms with van der Waals surface area (Å²) >= 11 is 1.64. The van der Waals surface area contributed by atoms with Crippen molar-refractivity contribution in [3.8, 4) is 0 Å². The van der Waals surface area contributed by atoms with Crippen molar-refractivity contribution in [1.82, 2.24) is 10.3 Å². The third-order valence-corrected chi connectivity index (χ3v) is 3.06. The Bertz CT molecular complexity index is 246. The zero-order valence-electron chi connectivity index (χ0n) is 7.44. The Morgan fingerprint density at radius 3 is 3.15 bits per heavy atom. The first kappa shape index (κ1) is 9.12. The minimum Gasteiger partial charge on any atom is -0.392 e. The maximum Gasteiger partial charge on any atom is 0.106 e. The fourth-order valence-corrected chi connectivity index (χ4v) is 1.90. The van der Waals surface area contributed by atoms with Crippen molar-refractivity contribution in [2.75, 3.05) is 6.54 Å². The molecule has 3 nitrogen and oxygen atoms in total. The van der Waals surface area contributed by atoms with Crippen LogP contribution in [-0.2, 0) is 6.54 Å². The number of aliphatic hydroxyl groups is 1. The molecule has 1 aromatic heterocycles. The maximum atomic E-state index is 9.54. The van der Waals surface area contributed by atoms with E-state index in [1.807, 2.05) is 5.38 Å². The number of hydrogen-bond donors (Lipinski definition) is 2. The summed E-state index contributed by atoms with van der Waals surface area (Å²) in [6.45, 7) is 1.48. The summed E-state index contributed by atoms with van der Waals surface area (Å²) in [7, 11) is 0. The lowest BCUT2D eigenvalue weighted by atomic mass is 10.2. The van der Waals surface area contributed by atoms with E-state index in [2.05, 4.69) is 10.3 Å². The van der Waals surface area contributed by atoms with Crippen LogP contribution in [0.3, 0.4) is 0 Å². The predicted octanol–water partition coefficient (Wildman–Crippen LogP) is 1.00.